The van der Waals surface area contributed by atoms with Crippen molar-refractivity contribution < 1.29 is 4.79 Å². The Morgan fingerprint density at radius 1 is 1.14 bits per heavy atom. The van der Waals surface area contributed by atoms with Crippen LogP contribution in [-0.4, -0.2) is 31.4 Å². The van der Waals surface area contributed by atoms with E-state index in [9.17, 15) is 4.79 Å². The maximum Gasteiger partial charge on any atom is 0.230 e. The van der Waals surface area contributed by atoms with Gasteiger partial charge in [0.2, 0.25) is 5.91 Å². The van der Waals surface area contributed by atoms with Crippen LogP contribution in [0.1, 0.15) is 38.8 Å². The van der Waals surface area contributed by atoms with E-state index < -0.39 is 0 Å². The fourth-order valence-corrected chi connectivity index (χ4v) is 3.73. The van der Waals surface area contributed by atoms with E-state index in [1.165, 1.54) is 17.3 Å². The minimum Gasteiger partial charge on any atom is -0.351 e. The molecule has 2 aromatic heterocycles. The summed E-state index contributed by atoms with van der Waals surface area (Å²) in [5, 5.41) is 12.3. The number of carbonyl (C=O) groups is 1. The molecule has 29 heavy (non-hydrogen) atoms. The quantitative estimate of drug-likeness (QED) is 0.596. The van der Waals surface area contributed by atoms with Gasteiger partial charge in [0.15, 0.2) is 11.0 Å². The number of hydrogen-bond donors (Lipinski definition) is 1. The molecule has 1 amide bonds. The number of hydrogen-bond acceptors (Lipinski definition) is 5. The molecule has 6 nitrogen and oxygen atoms in total. The number of nitrogens with zero attached hydrogens (tertiary/aromatic N) is 4. The van der Waals surface area contributed by atoms with E-state index >= 15 is 0 Å². The first kappa shape index (κ1) is 21.0. The van der Waals surface area contributed by atoms with Crippen molar-refractivity contribution in [3.63, 3.8) is 0 Å². The number of benzene rings is 1. The zero-order valence-corrected chi connectivity index (χ0v) is 18.2. The number of rotatable bonds is 7. The first-order chi connectivity index (χ1) is 13.9. The minimum absolute atomic E-state index is 0.0411. The molecule has 0 atom stereocenters. The molecule has 0 aliphatic carbocycles. The van der Waals surface area contributed by atoms with E-state index in [1.807, 2.05) is 16.7 Å². The Morgan fingerprint density at radius 3 is 2.52 bits per heavy atom. The molecule has 1 aromatic carbocycles. The van der Waals surface area contributed by atoms with E-state index in [0.29, 0.717) is 12.3 Å². The van der Waals surface area contributed by atoms with Crippen molar-refractivity contribution in [1.82, 2.24) is 25.1 Å². The average molecular weight is 410 g/mol. The van der Waals surface area contributed by atoms with Crippen LogP contribution in [0.4, 0.5) is 0 Å². The fraction of sp³-hybridized carbons (Fsp3) is 0.364. The van der Waals surface area contributed by atoms with Gasteiger partial charge in [0.05, 0.1) is 5.75 Å². The molecular weight excluding hydrogens is 382 g/mol. The Balaban J connectivity index is 1.64. The predicted octanol–water partition coefficient (Wildman–Crippen LogP) is 4.07. The monoisotopic (exact) mass is 409 g/mol. The third kappa shape index (κ3) is 5.44. The average Bonchev–Trinajstić information content (AvgIpc) is 3.14. The molecule has 1 N–H and O–H groups in total. The first-order valence-corrected chi connectivity index (χ1v) is 10.7. The summed E-state index contributed by atoms with van der Waals surface area (Å²) in [6, 6.07) is 12.3. The van der Waals surface area contributed by atoms with E-state index in [-0.39, 0.29) is 11.3 Å². The summed E-state index contributed by atoms with van der Waals surface area (Å²) in [4.78, 5) is 16.2. The van der Waals surface area contributed by atoms with Crippen LogP contribution in [0.2, 0.25) is 0 Å². The highest BCUT2D eigenvalue weighted by molar-refractivity contribution is 7.99. The molecule has 0 saturated carbocycles. The van der Waals surface area contributed by atoms with Gasteiger partial charge in [-0.15, -0.1) is 10.2 Å². The second-order valence-corrected chi connectivity index (χ2v) is 8.75. The number of thioether (sulfide) groups is 1. The summed E-state index contributed by atoms with van der Waals surface area (Å²) in [7, 11) is 0. The number of carbonyl (C=O) groups excluding carboxylic acids is 1. The molecular formula is C22H27N5OS. The van der Waals surface area contributed by atoms with Crippen molar-refractivity contribution in [1.29, 1.82) is 0 Å². The summed E-state index contributed by atoms with van der Waals surface area (Å²) < 4.78 is 2.05. The van der Waals surface area contributed by atoms with Crippen molar-refractivity contribution in [2.45, 2.75) is 51.4 Å². The number of nitrogens with one attached hydrogen (secondary N) is 1. The van der Waals surface area contributed by atoms with Crippen LogP contribution in [-0.2, 0) is 23.3 Å². The SMILES string of the molecule is CCn1c(SCC(=O)NCc2cccnc2)nnc1-c1ccc(C(C)(C)C)cc1. The van der Waals surface area contributed by atoms with Gasteiger partial charge < -0.3 is 9.88 Å². The largest absolute Gasteiger partial charge is 0.351 e. The van der Waals surface area contributed by atoms with Crippen LogP contribution >= 0.6 is 11.8 Å². The van der Waals surface area contributed by atoms with Crippen molar-refractivity contribution >= 4 is 17.7 Å². The van der Waals surface area contributed by atoms with Crippen LogP contribution in [0.3, 0.4) is 0 Å². The smallest absolute Gasteiger partial charge is 0.230 e. The van der Waals surface area contributed by atoms with Crippen LogP contribution in [0, 0.1) is 0 Å². The topological polar surface area (TPSA) is 72.7 Å². The lowest BCUT2D eigenvalue weighted by Gasteiger charge is -2.19. The van der Waals surface area contributed by atoms with Crippen molar-refractivity contribution in [3.8, 4) is 11.4 Å². The van der Waals surface area contributed by atoms with Crippen LogP contribution in [0.5, 0.6) is 0 Å². The van der Waals surface area contributed by atoms with Gasteiger partial charge in [-0.2, -0.15) is 0 Å². The van der Waals surface area contributed by atoms with E-state index in [1.54, 1.807) is 12.4 Å². The van der Waals surface area contributed by atoms with Gasteiger partial charge in [0.25, 0.3) is 0 Å². The van der Waals surface area contributed by atoms with Crippen molar-refractivity contribution in [3.05, 3.63) is 59.9 Å². The van der Waals surface area contributed by atoms with Crippen LogP contribution in [0.15, 0.2) is 53.9 Å². The number of pyridine rings is 1. The van der Waals surface area contributed by atoms with Crippen LogP contribution in [0.25, 0.3) is 11.4 Å². The van der Waals surface area contributed by atoms with Gasteiger partial charge in [-0.3, -0.25) is 9.78 Å². The maximum atomic E-state index is 12.2. The fourth-order valence-electron chi connectivity index (χ4n) is 2.90. The molecule has 0 aliphatic heterocycles. The summed E-state index contributed by atoms with van der Waals surface area (Å²) in [6.45, 7) is 9.87. The molecule has 0 aliphatic rings. The predicted molar refractivity (Wildman–Crippen MR) is 117 cm³/mol. The van der Waals surface area contributed by atoms with Gasteiger partial charge in [0.1, 0.15) is 0 Å². The summed E-state index contributed by atoms with van der Waals surface area (Å²) in [6.07, 6.45) is 3.46. The molecule has 3 rings (SSSR count). The third-order valence-corrected chi connectivity index (χ3v) is 5.55. The molecule has 0 spiro atoms. The normalized spacial score (nSPS) is 11.4. The lowest BCUT2D eigenvalue weighted by molar-refractivity contribution is -0.118. The summed E-state index contributed by atoms with van der Waals surface area (Å²) in [5.41, 5.74) is 3.40. The zero-order chi connectivity index (χ0) is 20.9. The summed E-state index contributed by atoms with van der Waals surface area (Å²) >= 11 is 1.40. The Kier molecular flexibility index (Phi) is 6.69. The molecule has 2 heterocycles. The second-order valence-electron chi connectivity index (χ2n) is 7.80. The molecule has 152 valence electrons. The minimum atomic E-state index is -0.0411. The standard InChI is InChI=1S/C22H27N5OS/c1-5-27-20(17-8-10-18(11-9-17)22(2,3)4)25-26-21(27)29-15-19(28)24-14-16-7-6-12-23-13-16/h6-13H,5,14-15H2,1-4H3,(H,24,28). The zero-order valence-electron chi connectivity index (χ0n) is 17.3. The van der Waals surface area contributed by atoms with Gasteiger partial charge >= 0.3 is 0 Å². The Morgan fingerprint density at radius 2 is 1.90 bits per heavy atom. The van der Waals surface area contributed by atoms with Gasteiger partial charge in [-0.05, 0) is 29.5 Å². The Bertz CT molecular complexity index is 946. The van der Waals surface area contributed by atoms with Gasteiger partial charge in [0, 0.05) is 31.0 Å². The molecule has 0 fully saturated rings. The molecule has 3 aromatic rings. The molecule has 0 unspecified atom stereocenters. The van der Waals surface area contributed by atoms with Crippen molar-refractivity contribution in [2.75, 3.05) is 5.75 Å². The lowest BCUT2D eigenvalue weighted by atomic mass is 9.87. The molecule has 0 bridgehead atoms. The number of amides is 1. The third-order valence-electron chi connectivity index (χ3n) is 4.59. The first-order valence-electron chi connectivity index (χ1n) is 9.71. The maximum absolute atomic E-state index is 12.2. The Labute approximate surface area is 176 Å². The highest BCUT2D eigenvalue weighted by Gasteiger charge is 2.17. The highest BCUT2D eigenvalue weighted by atomic mass is 32.2. The van der Waals surface area contributed by atoms with E-state index in [2.05, 4.69) is 72.5 Å². The molecule has 7 heteroatoms. The lowest BCUT2D eigenvalue weighted by Crippen LogP contribution is -2.24. The summed E-state index contributed by atoms with van der Waals surface area (Å²) in [5.74, 6) is 1.08. The van der Waals surface area contributed by atoms with E-state index in [4.69, 9.17) is 0 Å². The van der Waals surface area contributed by atoms with E-state index in [0.717, 1.165) is 28.7 Å². The highest BCUT2D eigenvalue weighted by Crippen LogP contribution is 2.27. The molecule has 0 radical (unpaired) electrons. The van der Waals surface area contributed by atoms with Gasteiger partial charge in [-0.1, -0.05) is 62.9 Å². The molecule has 0 saturated heterocycles. The number of aromatic nitrogens is 4. The Hall–Kier alpha value is -2.67. The second kappa shape index (κ2) is 9.22. The van der Waals surface area contributed by atoms with Crippen molar-refractivity contribution in [2.24, 2.45) is 0 Å². The van der Waals surface area contributed by atoms with Gasteiger partial charge in [-0.25, -0.2) is 0 Å². The van der Waals surface area contributed by atoms with Crippen LogP contribution < -0.4 is 5.32 Å².